The highest BCUT2D eigenvalue weighted by atomic mass is 16.6. The van der Waals surface area contributed by atoms with Crippen LogP contribution in [0, 0.1) is 17.0 Å². The molecule has 4 aromatic rings. The highest BCUT2D eigenvalue weighted by molar-refractivity contribution is 5.94. The maximum atomic E-state index is 13.6. The Morgan fingerprint density at radius 2 is 1.73 bits per heavy atom. The molecule has 0 radical (unpaired) electrons. The number of aryl methyl sites for hydroxylation is 1. The van der Waals surface area contributed by atoms with E-state index in [2.05, 4.69) is 6.58 Å². The molecule has 0 atom stereocenters. The highest BCUT2D eigenvalue weighted by Gasteiger charge is 2.22. The molecule has 0 aliphatic rings. The first kappa shape index (κ1) is 28.7. The third-order valence-corrected chi connectivity index (χ3v) is 6.44. The Hall–Kier alpha value is -5.31. The van der Waals surface area contributed by atoms with E-state index in [1.165, 1.54) is 58.6 Å². The fraction of sp³-hybridized carbons (Fsp3) is 0.156. The van der Waals surface area contributed by atoms with Gasteiger partial charge in [-0.15, -0.1) is 6.58 Å². The molecule has 0 N–H and O–H groups in total. The highest BCUT2D eigenvalue weighted by Crippen LogP contribution is 2.16. The van der Waals surface area contributed by atoms with Crippen molar-refractivity contribution in [3.05, 3.63) is 140 Å². The van der Waals surface area contributed by atoms with Crippen molar-refractivity contribution < 1.29 is 18.9 Å². The van der Waals surface area contributed by atoms with E-state index in [9.17, 15) is 24.5 Å². The van der Waals surface area contributed by atoms with Gasteiger partial charge in [0, 0.05) is 31.3 Å². The lowest BCUT2D eigenvalue weighted by molar-refractivity contribution is -0.384. The molecule has 4 rings (SSSR count). The van der Waals surface area contributed by atoms with Gasteiger partial charge in [0.2, 0.25) is 11.8 Å². The van der Waals surface area contributed by atoms with Crippen LogP contribution >= 0.6 is 0 Å². The first-order chi connectivity index (χ1) is 19.7. The number of non-ortho nitro benzene ring substituents is 1. The summed E-state index contributed by atoms with van der Waals surface area (Å²) in [6.45, 7) is 5.67. The van der Waals surface area contributed by atoms with Crippen molar-refractivity contribution in [1.82, 2.24) is 9.80 Å². The molecule has 0 aliphatic heterocycles. The zero-order valence-electron chi connectivity index (χ0n) is 22.6. The molecule has 0 unspecified atom stereocenters. The van der Waals surface area contributed by atoms with Gasteiger partial charge in [-0.2, -0.15) is 0 Å². The maximum absolute atomic E-state index is 13.6. The standard InChI is InChI=1S/C32H29N3O6/c1-3-17-33(30(36)16-12-24-10-13-27(14-11-24)35(39)40)21-31(37)34(19-25-7-5-4-6-8-25)20-26-22-41-29-15-9-23(2)18-28(29)32(26)38/h3-16,18,22H,1,17,19-21H2,2H3/b16-12+. The van der Waals surface area contributed by atoms with E-state index in [-0.39, 0.29) is 43.2 Å². The Morgan fingerprint density at radius 3 is 2.41 bits per heavy atom. The number of hydrogen-bond donors (Lipinski definition) is 0. The Balaban J connectivity index is 1.56. The third-order valence-electron chi connectivity index (χ3n) is 6.44. The van der Waals surface area contributed by atoms with Crippen LogP contribution < -0.4 is 5.43 Å². The average Bonchev–Trinajstić information content (AvgIpc) is 2.97. The molecule has 0 bridgehead atoms. The second kappa shape index (κ2) is 13.2. The summed E-state index contributed by atoms with van der Waals surface area (Å²) in [4.78, 5) is 53.2. The van der Waals surface area contributed by atoms with Gasteiger partial charge in [0.1, 0.15) is 12.1 Å². The SMILES string of the molecule is C=CCN(CC(=O)N(Cc1ccccc1)Cc1coc2ccc(C)cc2c1=O)C(=O)/C=C/c1ccc([N+](=O)[O-])cc1. The Labute approximate surface area is 236 Å². The molecule has 3 aromatic carbocycles. The number of nitrogens with zero attached hydrogens (tertiary/aromatic N) is 3. The van der Waals surface area contributed by atoms with Crippen LogP contribution in [0.4, 0.5) is 5.69 Å². The molecule has 2 amide bonds. The molecule has 9 nitrogen and oxygen atoms in total. The number of hydrogen-bond acceptors (Lipinski definition) is 6. The molecule has 1 aromatic heterocycles. The molecule has 208 valence electrons. The van der Waals surface area contributed by atoms with Crippen LogP contribution in [-0.2, 0) is 22.7 Å². The monoisotopic (exact) mass is 551 g/mol. The van der Waals surface area contributed by atoms with E-state index in [4.69, 9.17) is 4.42 Å². The lowest BCUT2D eigenvalue weighted by Crippen LogP contribution is -2.42. The van der Waals surface area contributed by atoms with E-state index < -0.39 is 10.8 Å². The van der Waals surface area contributed by atoms with Gasteiger partial charge >= 0.3 is 0 Å². The fourth-order valence-corrected chi connectivity index (χ4v) is 4.27. The minimum atomic E-state index is -0.500. The van der Waals surface area contributed by atoms with Crippen molar-refractivity contribution in [3.63, 3.8) is 0 Å². The van der Waals surface area contributed by atoms with Gasteiger partial charge in [0.15, 0.2) is 5.43 Å². The van der Waals surface area contributed by atoms with Gasteiger partial charge in [0.25, 0.3) is 5.69 Å². The summed E-state index contributed by atoms with van der Waals surface area (Å²) < 4.78 is 5.70. The van der Waals surface area contributed by atoms with Crippen molar-refractivity contribution in [1.29, 1.82) is 0 Å². The van der Waals surface area contributed by atoms with E-state index in [0.29, 0.717) is 22.1 Å². The molecular formula is C32H29N3O6. The first-order valence-electron chi connectivity index (χ1n) is 12.9. The number of rotatable bonds is 11. The quantitative estimate of drug-likeness (QED) is 0.109. The zero-order valence-corrected chi connectivity index (χ0v) is 22.6. The van der Waals surface area contributed by atoms with Crippen molar-refractivity contribution >= 4 is 34.5 Å². The van der Waals surface area contributed by atoms with Gasteiger partial charge < -0.3 is 14.2 Å². The van der Waals surface area contributed by atoms with Crippen LogP contribution in [0.1, 0.15) is 22.3 Å². The second-order valence-electron chi connectivity index (χ2n) is 9.51. The van der Waals surface area contributed by atoms with Crippen LogP contribution in [-0.4, -0.2) is 39.6 Å². The number of carbonyl (C=O) groups excluding carboxylic acids is 2. The number of benzene rings is 3. The summed E-state index contributed by atoms with van der Waals surface area (Å²) in [5, 5.41) is 11.3. The van der Waals surface area contributed by atoms with Crippen LogP contribution in [0.5, 0.6) is 0 Å². The third kappa shape index (κ3) is 7.42. The Morgan fingerprint density at radius 1 is 1.00 bits per heavy atom. The largest absolute Gasteiger partial charge is 0.464 e. The summed E-state index contributed by atoms with van der Waals surface area (Å²) in [5.74, 6) is -0.798. The molecule has 0 saturated carbocycles. The maximum Gasteiger partial charge on any atom is 0.269 e. The van der Waals surface area contributed by atoms with Gasteiger partial charge in [0.05, 0.1) is 28.7 Å². The molecular weight excluding hydrogens is 522 g/mol. The van der Waals surface area contributed by atoms with Crippen LogP contribution in [0.15, 0.2) is 107 Å². The lowest BCUT2D eigenvalue weighted by Gasteiger charge is -2.26. The van der Waals surface area contributed by atoms with Crippen LogP contribution in [0.25, 0.3) is 17.0 Å². The van der Waals surface area contributed by atoms with Crippen molar-refractivity contribution in [2.24, 2.45) is 0 Å². The topological polar surface area (TPSA) is 114 Å². The van der Waals surface area contributed by atoms with E-state index >= 15 is 0 Å². The Bertz CT molecular complexity index is 1660. The molecule has 0 aliphatic carbocycles. The molecule has 0 fully saturated rings. The molecule has 0 saturated heterocycles. The van der Waals surface area contributed by atoms with Gasteiger partial charge in [-0.25, -0.2) is 0 Å². The number of nitro benzene ring substituents is 1. The number of carbonyl (C=O) groups is 2. The number of fused-ring (bicyclic) bond motifs is 1. The molecule has 1 heterocycles. The minimum absolute atomic E-state index is 0.00526. The van der Waals surface area contributed by atoms with Crippen molar-refractivity contribution in [2.75, 3.05) is 13.1 Å². The summed E-state index contributed by atoms with van der Waals surface area (Å²) in [6, 6.07) is 20.5. The molecule has 41 heavy (non-hydrogen) atoms. The van der Waals surface area contributed by atoms with E-state index in [1.54, 1.807) is 12.1 Å². The predicted molar refractivity (Wildman–Crippen MR) is 157 cm³/mol. The van der Waals surface area contributed by atoms with E-state index in [1.807, 2.05) is 43.3 Å². The fourth-order valence-electron chi connectivity index (χ4n) is 4.27. The van der Waals surface area contributed by atoms with Gasteiger partial charge in [-0.3, -0.25) is 24.5 Å². The Kier molecular flexibility index (Phi) is 9.21. The normalized spacial score (nSPS) is 11.0. The molecule has 9 heteroatoms. The zero-order chi connectivity index (χ0) is 29.4. The predicted octanol–water partition coefficient (Wildman–Crippen LogP) is 5.27. The summed E-state index contributed by atoms with van der Waals surface area (Å²) in [7, 11) is 0. The van der Waals surface area contributed by atoms with Gasteiger partial charge in [-0.1, -0.05) is 48.0 Å². The summed E-state index contributed by atoms with van der Waals surface area (Å²) >= 11 is 0. The smallest absolute Gasteiger partial charge is 0.269 e. The van der Waals surface area contributed by atoms with Crippen molar-refractivity contribution in [3.8, 4) is 0 Å². The summed E-state index contributed by atoms with van der Waals surface area (Å²) in [5.41, 5.74) is 2.89. The summed E-state index contributed by atoms with van der Waals surface area (Å²) in [6.07, 6.45) is 5.73. The average molecular weight is 552 g/mol. The number of amides is 2. The van der Waals surface area contributed by atoms with Crippen LogP contribution in [0.3, 0.4) is 0 Å². The number of nitro groups is 1. The first-order valence-corrected chi connectivity index (χ1v) is 12.9. The van der Waals surface area contributed by atoms with Gasteiger partial charge in [-0.05, 0) is 48.4 Å². The van der Waals surface area contributed by atoms with E-state index in [0.717, 1.165) is 11.1 Å². The lowest BCUT2D eigenvalue weighted by atomic mass is 10.1. The minimum Gasteiger partial charge on any atom is -0.464 e. The molecule has 0 spiro atoms. The van der Waals surface area contributed by atoms with Crippen LogP contribution in [0.2, 0.25) is 0 Å². The second-order valence-corrected chi connectivity index (χ2v) is 9.51. The van der Waals surface area contributed by atoms with Crippen molar-refractivity contribution in [2.45, 2.75) is 20.0 Å².